The van der Waals surface area contributed by atoms with Gasteiger partial charge in [0, 0.05) is 0 Å². The molecule has 2 rings (SSSR count). The number of rotatable bonds is 6. The van der Waals surface area contributed by atoms with Crippen molar-refractivity contribution in [1.82, 2.24) is 0 Å². The summed E-state index contributed by atoms with van der Waals surface area (Å²) in [6.07, 6.45) is -9.71. The van der Waals surface area contributed by atoms with Crippen molar-refractivity contribution in [3.05, 3.63) is 60.2 Å². The van der Waals surface area contributed by atoms with Gasteiger partial charge in [0.2, 0.25) is 6.10 Å². The number of halogens is 5. The van der Waals surface area contributed by atoms with Crippen molar-refractivity contribution in [2.45, 2.75) is 24.1 Å². The van der Waals surface area contributed by atoms with Crippen LogP contribution in [0.5, 0.6) is 0 Å². The second-order valence-corrected chi connectivity index (χ2v) is 6.83. The Labute approximate surface area is 146 Å². The van der Waals surface area contributed by atoms with E-state index in [4.69, 9.17) is 4.55 Å². The van der Waals surface area contributed by atoms with E-state index in [0.717, 1.165) is 11.1 Å². The van der Waals surface area contributed by atoms with Crippen LogP contribution < -0.4 is 0 Å². The number of ether oxygens (including phenoxy) is 1. The molecule has 0 aromatic heterocycles. The van der Waals surface area contributed by atoms with Crippen molar-refractivity contribution in [3.8, 4) is 11.1 Å². The van der Waals surface area contributed by atoms with Crippen LogP contribution in [0.15, 0.2) is 54.6 Å². The van der Waals surface area contributed by atoms with Gasteiger partial charge in [-0.3, -0.25) is 4.55 Å². The van der Waals surface area contributed by atoms with E-state index in [9.17, 15) is 30.4 Å². The van der Waals surface area contributed by atoms with Gasteiger partial charge in [-0.15, -0.1) is 0 Å². The Hall–Kier alpha value is -2.04. The van der Waals surface area contributed by atoms with Gasteiger partial charge in [-0.2, -0.15) is 30.4 Å². The molecule has 0 fully saturated rings. The molecule has 0 bridgehead atoms. The van der Waals surface area contributed by atoms with E-state index in [-0.39, 0.29) is 5.56 Å². The van der Waals surface area contributed by atoms with Crippen molar-refractivity contribution >= 4 is 10.1 Å². The van der Waals surface area contributed by atoms with Crippen LogP contribution in [0.25, 0.3) is 11.1 Å². The number of alkyl halides is 5. The predicted octanol–water partition coefficient (Wildman–Crippen LogP) is 4.28. The monoisotopic (exact) mass is 396 g/mol. The third-order valence-electron chi connectivity index (χ3n) is 3.42. The average Bonchev–Trinajstić information content (AvgIpc) is 2.54. The highest BCUT2D eigenvalue weighted by atomic mass is 32.2. The highest BCUT2D eigenvalue weighted by Crippen LogP contribution is 2.38. The van der Waals surface area contributed by atoms with E-state index in [1.807, 2.05) is 0 Å². The topological polar surface area (TPSA) is 63.6 Å². The summed E-state index contributed by atoms with van der Waals surface area (Å²) in [5.41, 5.74) is 1.70. The lowest BCUT2D eigenvalue weighted by atomic mass is 10.0. The Balaban J connectivity index is 2.17. The number of hydrogen-bond acceptors (Lipinski definition) is 3. The molecule has 0 heterocycles. The largest absolute Gasteiger partial charge is 0.421 e. The molecule has 1 N–H and O–H groups in total. The second kappa shape index (κ2) is 7.29. The third kappa shape index (κ3) is 4.57. The molecule has 0 amide bonds. The lowest BCUT2D eigenvalue weighted by Crippen LogP contribution is -2.51. The van der Waals surface area contributed by atoms with E-state index >= 15 is 0 Å². The molecule has 0 radical (unpaired) electrons. The van der Waals surface area contributed by atoms with Crippen LogP contribution >= 0.6 is 0 Å². The van der Waals surface area contributed by atoms with E-state index < -0.39 is 34.3 Å². The average molecular weight is 396 g/mol. The van der Waals surface area contributed by atoms with Gasteiger partial charge in [0.05, 0.1) is 6.61 Å². The lowest BCUT2D eigenvalue weighted by Gasteiger charge is -2.26. The van der Waals surface area contributed by atoms with Crippen LogP contribution in [0, 0.1) is 0 Å². The maximum absolute atomic E-state index is 13.4. The molecule has 10 heteroatoms. The van der Waals surface area contributed by atoms with Crippen LogP contribution in [-0.4, -0.2) is 30.5 Å². The van der Waals surface area contributed by atoms with E-state index in [1.54, 1.807) is 42.5 Å². The third-order valence-corrected chi connectivity index (χ3v) is 4.33. The quantitative estimate of drug-likeness (QED) is 0.585. The fourth-order valence-corrected chi connectivity index (χ4v) is 2.59. The minimum atomic E-state index is -6.31. The van der Waals surface area contributed by atoms with Crippen LogP contribution in [0.4, 0.5) is 22.0 Å². The summed E-state index contributed by atoms with van der Waals surface area (Å²) < 4.78 is 98.7. The smallest absolute Gasteiger partial charge is 0.357 e. The molecule has 0 aliphatic carbocycles. The Morgan fingerprint density at radius 3 is 1.85 bits per heavy atom. The zero-order valence-electron chi connectivity index (χ0n) is 13.0. The van der Waals surface area contributed by atoms with Gasteiger partial charge in [-0.25, -0.2) is 0 Å². The molecule has 142 valence electrons. The molecule has 0 saturated heterocycles. The van der Waals surface area contributed by atoms with Gasteiger partial charge < -0.3 is 4.74 Å². The summed E-state index contributed by atoms with van der Waals surface area (Å²) in [5, 5.41) is -5.53. The van der Waals surface area contributed by atoms with Gasteiger partial charge in [-0.1, -0.05) is 54.6 Å². The normalized spacial score (nSPS) is 14.2. The van der Waals surface area contributed by atoms with E-state index in [2.05, 4.69) is 4.74 Å². The summed E-state index contributed by atoms with van der Waals surface area (Å²) in [5.74, 6) is 0. The van der Waals surface area contributed by atoms with E-state index in [0.29, 0.717) is 0 Å². The Morgan fingerprint density at radius 1 is 0.885 bits per heavy atom. The van der Waals surface area contributed by atoms with Gasteiger partial charge in [0.1, 0.15) is 0 Å². The van der Waals surface area contributed by atoms with Crippen molar-refractivity contribution in [2.75, 3.05) is 0 Å². The minimum Gasteiger partial charge on any atom is -0.357 e. The zero-order valence-corrected chi connectivity index (χ0v) is 13.8. The number of hydrogen-bond donors (Lipinski definition) is 1. The van der Waals surface area contributed by atoms with Gasteiger partial charge in [-0.05, 0) is 16.7 Å². The van der Waals surface area contributed by atoms with Crippen LogP contribution in [-0.2, 0) is 21.5 Å². The standard InChI is InChI=1S/C16H13F5O4S/c17-15(18,19)14(16(20,21)26(22,23)24)25-10-11-6-8-13(9-7-11)12-4-2-1-3-5-12/h1-9,14H,10H2,(H,22,23,24). The maximum atomic E-state index is 13.4. The second-order valence-electron chi connectivity index (χ2n) is 5.33. The molecular weight excluding hydrogens is 383 g/mol. The molecule has 0 aliphatic rings. The van der Waals surface area contributed by atoms with Crippen LogP contribution in [0.3, 0.4) is 0 Å². The maximum Gasteiger partial charge on any atom is 0.421 e. The fourth-order valence-electron chi connectivity index (χ4n) is 2.12. The summed E-state index contributed by atoms with van der Waals surface area (Å²) in [6.45, 7) is -0.926. The molecule has 2 aromatic carbocycles. The lowest BCUT2D eigenvalue weighted by molar-refractivity contribution is -0.267. The SMILES string of the molecule is O=S(=O)(O)C(F)(F)C(OCc1ccc(-c2ccccc2)cc1)C(F)(F)F. The molecule has 26 heavy (non-hydrogen) atoms. The molecule has 0 spiro atoms. The van der Waals surface area contributed by atoms with Crippen molar-refractivity contribution in [3.63, 3.8) is 0 Å². The minimum absolute atomic E-state index is 0.116. The number of benzene rings is 2. The molecule has 2 aromatic rings. The van der Waals surface area contributed by atoms with E-state index in [1.165, 1.54) is 12.1 Å². The van der Waals surface area contributed by atoms with Crippen LogP contribution in [0.2, 0.25) is 0 Å². The Bertz CT molecular complexity index is 833. The fraction of sp³-hybridized carbons (Fsp3) is 0.250. The van der Waals surface area contributed by atoms with Crippen molar-refractivity contribution < 1.29 is 39.7 Å². The van der Waals surface area contributed by atoms with Gasteiger partial charge in [0.15, 0.2) is 0 Å². The molecule has 0 saturated carbocycles. The first-order valence-electron chi connectivity index (χ1n) is 7.10. The first kappa shape index (κ1) is 20.3. The summed E-state index contributed by atoms with van der Waals surface area (Å²) in [6, 6.07) is 14.8. The Morgan fingerprint density at radius 2 is 1.38 bits per heavy atom. The summed E-state index contributed by atoms with van der Waals surface area (Å²) in [4.78, 5) is 0. The Kier molecular flexibility index (Phi) is 5.69. The molecule has 1 atom stereocenters. The predicted molar refractivity (Wildman–Crippen MR) is 83.0 cm³/mol. The summed E-state index contributed by atoms with van der Waals surface area (Å²) >= 11 is 0. The van der Waals surface area contributed by atoms with Crippen molar-refractivity contribution in [1.29, 1.82) is 0 Å². The zero-order chi connectivity index (χ0) is 19.6. The van der Waals surface area contributed by atoms with Gasteiger partial charge >= 0.3 is 21.5 Å². The first-order chi connectivity index (χ1) is 11.9. The molecule has 0 aliphatic heterocycles. The first-order valence-corrected chi connectivity index (χ1v) is 8.54. The van der Waals surface area contributed by atoms with Gasteiger partial charge in [0.25, 0.3) is 0 Å². The molecular formula is C16H13F5O4S. The summed E-state index contributed by atoms with van der Waals surface area (Å²) in [7, 11) is -6.31. The molecule has 1 unspecified atom stereocenters. The van der Waals surface area contributed by atoms with Crippen LogP contribution in [0.1, 0.15) is 5.56 Å². The highest BCUT2D eigenvalue weighted by molar-refractivity contribution is 7.86. The highest BCUT2D eigenvalue weighted by Gasteiger charge is 2.64. The molecule has 4 nitrogen and oxygen atoms in total. The van der Waals surface area contributed by atoms with Crippen molar-refractivity contribution in [2.24, 2.45) is 0 Å².